The molecule has 0 saturated heterocycles. The molecule has 3 aromatic heterocycles. The van der Waals surface area contributed by atoms with Gasteiger partial charge in [-0.05, 0) is 55.2 Å². The van der Waals surface area contributed by atoms with Crippen LogP contribution in [0.1, 0.15) is 24.8 Å². The van der Waals surface area contributed by atoms with E-state index >= 15 is 0 Å². The molecule has 1 fully saturated rings. The molecule has 3 N–H and O–H groups in total. The largest absolute Gasteiger partial charge is 0.465 e. The number of rotatable bonds is 4. The number of fused-ring (bicyclic) bond motifs is 5. The van der Waals surface area contributed by atoms with Crippen LogP contribution in [0.3, 0.4) is 0 Å². The minimum absolute atomic E-state index is 0.532. The van der Waals surface area contributed by atoms with E-state index in [0.717, 1.165) is 75.9 Å². The van der Waals surface area contributed by atoms with Crippen molar-refractivity contribution in [3.8, 4) is 39.6 Å². The van der Waals surface area contributed by atoms with Crippen molar-refractivity contribution in [2.45, 2.75) is 24.8 Å². The van der Waals surface area contributed by atoms with Gasteiger partial charge in [0.25, 0.3) is 0 Å². The third-order valence-electron chi connectivity index (χ3n) is 7.45. The summed E-state index contributed by atoms with van der Waals surface area (Å²) in [5, 5.41) is 23.7. The summed E-state index contributed by atoms with van der Waals surface area (Å²) in [6.07, 6.45) is 6.72. The van der Waals surface area contributed by atoms with Crippen LogP contribution in [0, 0.1) is 0 Å². The Kier molecular flexibility index (Phi) is 4.97. The lowest BCUT2D eigenvalue weighted by Gasteiger charge is -2.42. The molecule has 9 nitrogen and oxygen atoms in total. The van der Waals surface area contributed by atoms with Crippen LogP contribution in [0.2, 0.25) is 0 Å². The Bertz CT molecular complexity index is 1680. The average molecular weight is 502 g/mol. The van der Waals surface area contributed by atoms with E-state index in [1.807, 2.05) is 66.7 Å². The van der Waals surface area contributed by atoms with E-state index in [1.165, 1.54) is 0 Å². The van der Waals surface area contributed by atoms with Gasteiger partial charge in [0.1, 0.15) is 5.82 Å². The number of carbonyl (C=O) groups is 1. The Morgan fingerprint density at radius 3 is 2.53 bits per heavy atom. The second-order valence-electron chi connectivity index (χ2n) is 9.58. The number of hydrogen-bond acceptors (Lipinski definition) is 6. The molecule has 0 unspecified atom stereocenters. The summed E-state index contributed by atoms with van der Waals surface area (Å²) in [5.41, 5.74) is 6.64. The molecule has 0 atom stereocenters. The van der Waals surface area contributed by atoms with Crippen molar-refractivity contribution in [2.24, 2.45) is 0 Å². The quantitative estimate of drug-likeness (QED) is 0.281. The van der Waals surface area contributed by atoms with Crippen LogP contribution >= 0.6 is 0 Å². The van der Waals surface area contributed by atoms with Crippen LogP contribution in [-0.2, 0) is 5.54 Å². The first-order valence-electron chi connectivity index (χ1n) is 12.5. The molecule has 7 rings (SSSR count). The highest BCUT2D eigenvalue weighted by atomic mass is 16.4. The molecule has 5 aromatic rings. The van der Waals surface area contributed by atoms with Gasteiger partial charge < -0.3 is 15.7 Å². The molecule has 38 heavy (non-hydrogen) atoms. The number of amides is 1. The second-order valence-corrected chi connectivity index (χ2v) is 9.58. The van der Waals surface area contributed by atoms with Gasteiger partial charge in [0.2, 0.25) is 0 Å². The maximum absolute atomic E-state index is 11.5. The molecule has 1 aliphatic heterocycles. The van der Waals surface area contributed by atoms with Crippen LogP contribution in [0.4, 0.5) is 16.3 Å². The third kappa shape index (κ3) is 3.43. The van der Waals surface area contributed by atoms with E-state index in [9.17, 15) is 9.90 Å². The lowest BCUT2D eigenvalue weighted by atomic mass is 9.71. The van der Waals surface area contributed by atoms with Gasteiger partial charge >= 0.3 is 6.09 Å². The molecular weight excluding hydrogens is 478 g/mol. The van der Waals surface area contributed by atoms with Gasteiger partial charge in [-0.2, -0.15) is 10.2 Å². The molecule has 0 bridgehead atoms. The Hall–Kier alpha value is -5.05. The Balaban J connectivity index is 1.48. The van der Waals surface area contributed by atoms with Crippen LogP contribution in [0.15, 0.2) is 85.3 Å². The number of aromatic nitrogens is 5. The fourth-order valence-corrected chi connectivity index (χ4v) is 5.49. The van der Waals surface area contributed by atoms with Gasteiger partial charge in [0, 0.05) is 22.9 Å². The van der Waals surface area contributed by atoms with Crippen molar-refractivity contribution in [3.63, 3.8) is 0 Å². The number of imidazole rings is 1. The lowest BCUT2D eigenvalue weighted by Crippen LogP contribution is -2.50. The zero-order valence-corrected chi connectivity index (χ0v) is 20.3. The van der Waals surface area contributed by atoms with Gasteiger partial charge in [-0.3, -0.25) is 4.57 Å². The third-order valence-corrected chi connectivity index (χ3v) is 7.45. The summed E-state index contributed by atoms with van der Waals surface area (Å²) in [6.45, 7) is 0. The Morgan fingerprint density at radius 2 is 1.79 bits per heavy atom. The molecule has 0 spiro atoms. The number of pyridine rings is 1. The highest BCUT2D eigenvalue weighted by Gasteiger charge is 2.40. The maximum Gasteiger partial charge on any atom is 0.405 e. The Morgan fingerprint density at radius 1 is 0.947 bits per heavy atom. The maximum atomic E-state index is 11.5. The predicted octanol–water partition coefficient (Wildman–Crippen LogP) is 5.76. The van der Waals surface area contributed by atoms with Crippen molar-refractivity contribution in [1.29, 1.82) is 0 Å². The first-order chi connectivity index (χ1) is 18.6. The smallest absolute Gasteiger partial charge is 0.405 e. The fourth-order valence-electron chi connectivity index (χ4n) is 5.49. The monoisotopic (exact) mass is 501 g/mol. The molecule has 2 aliphatic rings. The van der Waals surface area contributed by atoms with E-state index in [-0.39, 0.29) is 0 Å². The minimum atomic E-state index is -1.00. The summed E-state index contributed by atoms with van der Waals surface area (Å²) in [4.78, 5) is 21.3. The summed E-state index contributed by atoms with van der Waals surface area (Å²) in [5.74, 6) is 1.51. The summed E-state index contributed by atoms with van der Waals surface area (Å²) in [6, 6.07) is 22.0. The number of benzene rings is 2. The van der Waals surface area contributed by atoms with Crippen molar-refractivity contribution in [1.82, 2.24) is 30.0 Å². The number of carboxylic acid groups (broad SMARTS) is 1. The molecule has 1 amide bonds. The van der Waals surface area contributed by atoms with Crippen molar-refractivity contribution in [2.75, 3.05) is 5.32 Å². The van der Waals surface area contributed by atoms with Gasteiger partial charge in [-0.15, -0.1) is 0 Å². The zero-order valence-electron chi connectivity index (χ0n) is 20.3. The van der Waals surface area contributed by atoms with Gasteiger partial charge in [0.15, 0.2) is 5.82 Å². The summed E-state index contributed by atoms with van der Waals surface area (Å²) >= 11 is 0. The molecule has 1 aliphatic carbocycles. The zero-order chi connectivity index (χ0) is 25.7. The minimum Gasteiger partial charge on any atom is -0.465 e. The van der Waals surface area contributed by atoms with E-state index in [1.54, 1.807) is 18.6 Å². The summed E-state index contributed by atoms with van der Waals surface area (Å²) in [7, 11) is 0. The standard InChI is InChI=1S/C29H23N7O2/c37-28(38)35-29(13-4-14-29)20-10-8-18(9-11-20)25-24(19-12-16-31-32-17-19)34-27-21-5-1-2-6-22(21)33-26-23(36(25)27)7-3-15-30-26/h1-3,5-12,15-17,35H,4,13-14H2,(H,30,33)(H,37,38). The highest BCUT2D eigenvalue weighted by Crippen LogP contribution is 2.45. The molecular formula is C29H23N7O2. The van der Waals surface area contributed by atoms with E-state index in [4.69, 9.17) is 4.98 Å². The van der Waals surface area contributed by atoms with Crippen molar-refractivity contribution < 1.29 is 9.90 Å². The summed E-state index contributed by atoms with van der Waals surface area (Å²) < 4.78 is 2.14. The van der Waals surface area contributed by atoms with Crippen LogP contribution in [0.5, 0.6) is 0 Å². The number of nitrogens with one attached hydrogen (secondary N) is 2. The lowest BCUT2D eigenvalue weighted by molar-refractivity contribution is 0.144. The van der Waals surface area contributed by atoms with Crippen LogP contribution < -0.4 is 10.6 Å². The number of anilines is 2. The van der Waals surface area contributed by atoms with Gasteiger partial charge in [-0.1, -0.05) is 36.4 Å². The molecule has 0 radical (unpaired) electrons. The molecule has 186 valence electrons. The molecule has 4 heterocycles. The fraction of sp³-hybridized carbons (Fsp3) is 0.138. The number of para-hydroxylation sites is 1. The molecule has 9 heteroatoms. The van der Waals surface area contributed by atoms with E-state index in [2.05, 4.69) is 30.4 Å². The van der Waals surface area contributed by atoms with E-state index < -0.39 is 11.6 Å². The van der Waals surface area contributed by atoms with Gasteiger partial charge in [0.05, 0.1) is 40.7 Å². The first-order valence-corrected chi connectivity index (χ1v) is 12.5. The van der Waals surface area contributed by atoms with Crippen LogP contribution in [-0.4, -0.2) is 35.9 Å². The number of nitrogens with zero attached hydrogens (tertiary/aromatic N) is 5. The van der Waals surface area contributed by atoms with E-state index in [0.29, 0.717) is 0 Å². The normalized spacial score (nSPS) is 14.6. The second kappa shape index (κ2) is 8.52. The Labute approximate surface area is 218 Å². The highest BCUT2D eigenvalue weighted by molar-refractivity contribution is 5.90. The first kappa shape index (κ1) is 22.2. The molecule has 1 saturated carbocycles. The SMILES string of the molecule is O=C(O)NC1(c2ccc(-c3c(-c4ccnnc4)nc4n3-c3cccnc3Nc3ccccc3-4)cc2)CCC1. The van der Waals surface area contributed by atoms with Gasteiger partial charge in [-0.25, -0.2) is 14.8 Å². The van der Waals surface area contributed by atoms with Crippen LogP contribution in [0.25, 0.3) is 39.6 Å². The average Bonchev–Trinajstić information content (AvgIpc) is 3.26. The predicted molar refractivity (Wildman–Crippen MR) is 143 cm³/mol. The molecule has 2 aromatic carbocycles. The van der Waals surface area contributed by atoms with Crippen molar-refractivity contribution >= 4 is 17.6 Å². The number of hydrogen-bond donors (Lipinski definition) is 3. The van der Waals surface area contributed by atoms with Crippen molar-refractivity contribution in [3.05, 3.63) is 90.9 Å². The topological polar surface area (TPSA) is 118 Å².